The number of piperidine rings is 1. The number of nitrogens with zero attached hydrogens (tertiary/aromatic N) is 4. The number of aromatic nitrogens is 3. The fourth-order valence-corrected chi connectivity index (χ4v) is 4.50. The summed E-state index contributed by atoms with van der Waals surface area (Å²) in [5.74, 6) is 1.60. The highest BCUT2D eigenvalue weighted by Gasteiger charge is 2.23. The molecular formula is C21H24N4S. The zero-order valence-electron chi connectivity index (χ0n) is 15.6. The summed E-state index contributed by atoms with van der Waals surface area (Å²) in [6, 6.07) is 10.6. The fraction of sp³-hybridized carbons (Fsp3) is 0.381. The van der Waals surface area contributed by atoms with E-state index in [1.54, 1.807) is 11.3 Å². The summed E-state index contributed by atoms with van der Waals surface area (Å²) in [6.45, 7) is 8.57. The Morgan fingerprint density at radius 1 is 1.08 bits per heavy atom. The second-order valence-corrected chi connectivity index (χ2v) is 8.18. The molecule has 4 nitrogen and oxygen atoms in total. The molecule has 0 bridgehead atoms. The van der Waals surface area contributed by atoms with Crippen LogP contribution < -0.4 is 4.90 Å². The Morgan fingerprint density at radius 2 is 1.88 bits per heavy atom. The quantitative estimate of drug-likeness (QED) is 0.647. The molecule has 0 aliphatic carbocycles. The van der Waals surface area contributed by atoms with Gasteiger partial charge in [-0.2, -0.15) is 0 Å². The predicted molar refractivity (Wildman–Crippen MR) is 109 cm³/mol. The third-order valence-electron chi connectivity index (χ3n) is 4.97. The Morgan fingerprint density at radius 3 is 2.62 bits per heavy atom. The van der Waals surface area contributed by atoms with Crippen LogP contribution in [0.15, 0.2) is 36.5 Å². The topological polar surface area (TPSA) is 41.9 Å². The van der Waals surface area contributed by atoms with Gasteiger partial charge in [0.2, 0.25) is 0 Å². The van der Waals surface area contributed by atoms with E-state index in [2.05, 4.69) is 53.0 Å². The van der Waals surface area contributed by atoms with Gasteiger partial charge in [-0.3, -0.25) is 0 Å². The Kier molecular flexibility index (Phi) is 4.72. The molecule has 1 aromatic carbocycles. The average molecular weight is 365 g/mol. The molecule has 1 aliphatic rings. The van der Waals surface area contributed by atoms with Gasteiger partial charge in [0.05, 0.1) is 16.3 Å². The molecule has 0 spiro atoms. The molecule has 1 fully saturated rings. The third-order valence-corrected chi connectivity index (χ3v) is 6.11. The lowest BCUT2D eigenvalue weighted by molar-refractivity contribution is 0.438. The van der Waals surface area contributed by atoms with Crippen LogP contribution in [0, 0.1) is 19.8 Å². The number of benzene rings is 1. The summed E-state index contributed by atoms with van der Waals surface area (Å²) in [5, 5.41) is 1.11. The van der Waals surface area contributed by atoms with Gasteiger partial charge in [0.1, 0.15) is 5.82 Å². The molecule has 0 radical (unpaired) electrons. The molecule has 3 heterocycles. The van der Waals surface area contributed by atoms with Crippen LogP contribution in [-0.2, 0) is 0 Å². The minimum Gasteiger partial charge on any atom is -0.348 e. The molecule has 0 unspecified atom stereocenters. The highest BCUT2D eigenvalue weighted by atomic mass is 32.1. The van der Waals surface area contributed by atoms with E-state index >= 15 is 0 Å². The minimum atomic E-state index is 0.791. The third kappa shape index (κ3) is 3.49. The van der Waals surface area contributed by atoms with Gasteiger partial charge in [-0.1, -0.05) is 42.0 Å². The van der Waals surface area contributed by atoms with Crippen LogP contribution in [0.1, 0.15) is 31.2 Å². The van der Waals surface area contributed by atoms with Gasteiger partial charge in [0.15, 0.2) is 5.13 Å². The zero-order chi connectivity index (χ0) is 18.1. The Bertz CT molecular complexity index is 847. The SMILES string of the molecule is Cc1cccc(-c2nc(N3CCC(C)CC3)sc2-c2ccnc(C)n2)c1. The number of rotatable bonds is 3. The highest BCUT2D eigenvalue weighted by Crippen LogP contribution is 2.40. The Balaban J connectivity index is 1.80. The molecule has 0 atom stereocenters. The van der Waals surface area contributed by atoms with E-state index in [1.807, 2.05) is 19.2 Å². The lowest BCUT2D eigenvalue weighted by Gasteiger charge is -2.29. The molecule has 0 N–H and O–H groups in total. The van der Waals surface area contributed by atoms with Crippen LogP contribution in [0.3, 0.4) is 0 Å². The first-order valence-corrected chi connectivity index (χ1v) is 10.0. The van der Waals surface area contributed by atoms with Gasteiger partial charge >= 0.3 is 0 Å². The van der Waals surface area contributed by atoms with E-state index in [-0.39, 0.29) is 0 Å². The van der Waals surface area contributed by atoms with E-state index in [0.29, 0.717) is 0 Å². The summed E-state index contributed by atoms with van der Waals surface area (Å²) in [7, 11) is 0. The number of hydrogen-bond acceptors (Lipinski definition) is 5. The van der Waals surface area contributed by atoms with Crippen molar-refractivity contribution < 1.29 is 0 Å². The Hall–Kier alpha value is -2.27. The summed E-state index contributed by atoms with van der Waals surface area (Å²) in [4.78, 5) is 17.5. The van der Waals surface area contributed by atoms with Crippen LogP contribution in [0.25, 0.3) is 21.8 Å². The molecule has 4 rings (SSSR count). The van der Waals surface area contributed by atoms with Gasteiger partial charge < -0.3 is 4.90 Å². The maximum atomic E-state index is 5.06. The van der Waals surface area contributed by atoms with Crippen molar-refractivity contribution in [3.63, 3.8) is 0 Å². The lowest BCUT2D eigenvalue weighted by Crippen LogP contribution is -2.32. The van der Waals surface area contributed by atoms with Crippen molar-refractivity contribution in [2.24, 2.45) is 5.92 Å². The van der Waals surface area contributed by atoms with Crippen molar-refractivity contribution >= 4 is 16.5 Å². The lowest BCUT2D eigenvalue weighted by atomic mass is 10.00. The number of hydrogen-bond donors (Lipinski definition) is 0. The van der Waals surface area contributed by atoms with Crippen molar-refractivity contribution in [2.45, 2.75) is 33.6 Å². The molecule has 0 amide bonds. The minimum absolute atomic E-state index is 0.791. The molecule has 5 heteroatoms. The molecule has 1 aliphatic heterocycles. The number of thiazole rings is 1. The zero-order valence-corrected chi connectivity index (χ0v) is 16.4. The first-order chi connectivity index (χ1) is 12.6. The first-order valence-electron chi connectivity index (χ1n) is 9.23. The van der Waals surface area contributed by atoms with Crippen molar-refractivity contribution in [1.82, 2.24) is 15.0 Å². The monoisotopic (exact) mass is 364 g/mol. The first kappa shape index (κ1) is 17.2. The summed E-state index contributed by atoms with van der Waals surface area (Å²) in [5.41, 5.74) is 4.39. The molecule has 1 saturated heterocycles. The predicted octanol–water partition coefficient (Wildman–Crippen LogP) is 5.12. The van der Waals surface area contributed by atoms with E-state index in [9.17, 15) is 0 Å². The second-order valence-electron chi connectivity index (χ2n) is 7.20. The van der Waals surface area contributed by atoms with Gasteiger partial charge in [-0.15, -0.1) is 0 Å². The fourth-order valence-electron chi connectivity index (χ4n) is 3.39. The van der Waals surface area contributed by atoms with Crippen molar-refractivity contribution in [3.8, 4) is 21.8 Å². The summed E-state index contributed by atoms with van der Waals surface area (Å²) < 4.78 is 0. The van der Waals surface area contributed by atoms with Crippen LogP contribution in [0.5, 0.6) is 0 Å². The maximum absolute atomic E-state index is 5.06. The van der Waals surface area contributed by atoms with Gasteiger partial charge in [-0.25, -0.2) is 15.0 Å². The van der Waals surface area contributed by atoms with E-state index < -0.39 is 0 Å². The van der Waals surface area contributed by atoms with E-state index in [4.69, 9.17) is 4.98 Å². The van der Waals surface area contributed by atoms with Gasteiger partial charge in [0.25, 0.3) is 0 Å². The van der Waals surface area contributed by atoms with Crippen LogP contribution in [0.2, 0.25) is 0 Å². The average Bonchev–Trinajstić information content (AvgIpc) is 3.08. The maximum Gasteiger partial charge on any atom is 0.186 e. The van der Waals surface area contributed by atoms with Crippen LogP contribution >= 0.6 is 11.3 Å². The van der Waals surface area contributed by atoms with Crippen LogP contribution in [0.4, 0.5) is 5.13 Å². The molecule has 0 saturated carbocycles. The van der Waals surface area contributed by atoms with Crippen molar-refractivity contribution in [2.75, 3.05) is 18.0 Å². The Labute approximate surface area is 159 Å². The number of aryl methyl sites for hydroxylation is 2. The van der Waals surface area contributed by atoms with E-state index in [1.165, 1.54) is 18.4 Å². The molecule has 2 aromatic heterocycles. The van der Waals surface area contributed by atoms with Gasteiger partial charge in [0, 0.05) is 24.8 Å². The largest absolute Gasteiger partial charge is 0.348 e. The second kappa shape index (κ2) is 7.16. The smallest absolute Gasteiger partial charge is 0.186 e. The molecule has 3 aromatic rings. The van der Waals surface area contributed by atoms with Crippen molar-refractivity contribution in [1.29, 1.82) is 0 Å². The van der Waals surface area contributed by atoms with Crippen LogP contribution in [-0.4, -0.2) is 28.0 Å². The molecule has 26 heavy (non-hydrogen) atoms. The van der Waals surface area contributed by atoms with Crippen molar-refractivity contribution in [3.05, 3.63) is 47.9 Å². The number of anilines is 1. The highest BCUT2D eigenvalue weighted by molar-refractivity contribution is 7.19. The van der Waals surface area contributed by atoms with Gasteiger partial charge in [-0.05, 0) is 44.7 Å². The summed E-state index contributed by atoms with van der Waals surface area (Å²) >= 11 is 1.75. The molecule has 134 valence electrons. The summed E-state index contributed by atoms with van der Waals surface area (Å²) in [6.07, 6.45) is 4.31. The van der Waals surface area contributed by atoms with E-state index in [0.717, 1.165) is 51.8 Å². The molecular weight excluding hydrogens is 340 g/mol. The standard InChI is InChI=1S/C21H24N4S/c1-14-8-11-25(12-9-14)21-24-19(17-6-4-5-15(2)13-17)20(26-21)18-7-10-22-16(3)23-18/h4-7,10,13-14H,8-9,11-12H2,1-3H3. The normalized spacial score (nSPS) is 15.4.